The smallest absolute Gasteiger partial charge is 0.347 e. The van der Waals surface area contributed by atoms with Gasteiger partial charge >= 0.3 is 5.97 Å². The minimum Gasteiger partial charge on any atom is -0.479 e. The van der Waals surface area contributed by atoms with Crippen molar-refractivity contribution in [2.45, 2.75) is 20.0 Å². The lowest BCUT2D eigenvalue weighted by Gasteiger charge is -2.12. The summed E-state index contributed by atoms with van der Waals surface area (Å²) in [6.45, 7) is 3.48. The number of hydrogen-bond acceptors (Lipinski definition) is 5. The van der Waals surface area contributed by atoms with E-state index in [1.165, 1.54) is 25.1 Å². The minimum atomic E-state index is -0.794. The number of nitrogens with zero attached hydrogens (tertiary/aromatic N) is 1. The lowest BCUT2D eigenvalue weighted by atomic mass is 10.3. The molecular weight excluding hydrogens is 226 g/mol. The summed E-state index contributed by atoms with van der Waals surface area (Å²) < 4.78 is 10.00. The third kappa shape index (κ3) is 3.75. The molecule has 0 saturated carbocycles. The van der Waals surface area contributed by atoms with Gasteiger partial charge < -0.3 is 9.47 Å². The highest BCUT2D eigenvalue weighted by atomic mass is 16.6. The Kier molecular flexibility index (Phi) is 4.45. The molecule has 0 bridgehead atoms. The maximum Gasteiger partial charge on any atom is 0.347 e. The van der Waals surface area contributed by atoms with Gasteiger partial charge in [-0.15, -0.1) is 0 Å². The van der Waals surface area contributed by atoms with Gasteiger partial charge in [0.1, 0.15) is 5.75 Å². The molecule has 0 aliphatic rings. The Morgan fingerprint density at radius 1 is 1.53 bits per heavy atom. The van der Waals surface area contributed by atoms with E-state index in [1.807, 2.05) is 0 Å². The molecule has 0 amide bonds. The molecule has 0 heterocycles. The Bertz CT molecular complexity index is 418. The van der Waals surface area contributed by atoms with Crippen LogP contribution in [0.25, 0.3) is 0 Å². The zero-order valence-corrected chi connectivity index (χ0v) is 9.58. The van der Waals surface area contributed by atoms with E-state index in [0.717, 1.165) is 0 Å². The van der Waals surface area contributed by atoms with E-state index >= 15 is 0 Å². The predicted octanol–water partition coefficient (Wildman–Crippen LogP) is 1.93. The fourth-order valence-corrected chi connectivity index (χ4v) is 1.18. The standard InChI is InChI=1S/C11H13NO5/c1-3-16-11(13)8(2)17-10-6-4-5-9(7-10)12(14)15/h4-8H,3H2,1-2H3. The molecule has 0 saturated heterocycles. The largest absolute Gasteiger partial charge is 0.479 e. The fraction of sp³-hybridized carbons (Fsp3) is 0.364. The molecule has 0 aliphatic heterocycles. The Balaban J connectivity index is 2.71. The number of hydrogen-bond donors (Lipinski definition) is 0. The van der Waals surface area contributed by atoms with Crippen molar-refractivity contribution in [1.29, 1.82) is 0 Å². The Morgan fingerprint density at radius 3 is 2.82 bits per heavy atom. The summed E-state index contributed by atoms with van der Waals surface area (Å²) in [4.78, 5) is 21.3. The van der Waals surface area contributed by atoms with Crippen molar-refractivity contribution in [3.63, 3.8) is 0 Å². The molecule has 6 heteroatoms. The van der Waals surface area contributed by atoms with Crippen molar-refractivity contribution in [3.8, 4) is 5.75 Å². The molecule has 0 fully saturated rings. The highest BCUT2D eigenvalue weighted by Gasteiger charge is 2.16. The van der Waals surface area contributed by atoms with Gasteiger partial charge in [0.25, 0.3) is 5.69 Å². The van der Waals surface area contributed by atoms with E-state index in [2.05, 4.69) is 0 Å². The molecule has 92 valence electrons. The van der Waals surface area contributed by atoms with Crippen molar-refractivity contribution in [3.05, 3.63) is 34.4 Å². The SMILES string of the molecule is CCOC(=O)C(C)Oc1cccc([N+](=O)[O-])c1. The zero-order chi connectivity index (χ0) is 12.8. The molecular formula is C11H13NO5. The summed E-state index contributed by atoms with van der Waals surface area (Å²) in [5.74, 6) is -0.237. The third-order valence-corrected chi connectivity index (χ3v) is 1.96. The molecule has 0 aromatic heterocycles. The number of nitro groups is 1. The van der Waals surface area contributed by atoms with Crippen LogP contribution in [-0.4, -0.2) is 23.6 Å². The second kappa shape index (κ2) is 5.83. The highest BCUT2D eigenvalue weighted by molar-refractivity contribution is 5.74. The fourth-order valence-electron chi connectivity index (χ4n) is 1.18. The van der Waals surface area contributed by atoms with Gasteiger partial charge in [0.2, 0.25) is 0 Å². The third-order valence-electron chi connectivity index (χ3n) is 1.96. The quantitative estimate of drug-likeness (QED) is 0.445. The van der Waals surface area contributed by atoms with Crippen LogP contribution < -0.4 is 4.74 Å². The van der Waals surface area contributed by atoms with Crippen LogP contribution >= 0.6 is 0 Å². The van der Waals surface area contributed by atoms with Crippen LogP contribution in [0, 0.1) is 10.1 Å². The van der Waals surface area contributed by atoms with Gasteiger partial charge in [-0.25, -0.2) is 4.79 Å². The van der Waals surface area contributed by atoms with Crippen molar-refractivity contribution >= 4 is 11.7 Å². The van der Waals surface area contributed by atoms with Crippen molar-refractivity contribution in [2.75, 3.05) is 6.61 Å². The van der Waals surface area contributed by atoms with Crippen LogP contribution in [0.4, 0.5) is 5.69 Å². The van der Waals surface area contributed by atoms with Gasteiger partial charge in [-0.05, 0) is 19.9 Å². The molecule has 0 radical (unpaired) electrons. The molecule has 0 aliphatic carbocycles. The second-order valence-electron chi connectivity index (χ2n) is 3.27. The molecule has 1 aromatic carbocycles. The van der Waals surface area contributed by atoms with Gasteiger partial charge in [0.15, 0.2) is 6.10 Å². The van der Waals surface area contributed by atoms with E-state index < -0.39 is 17.0 Å². The summed E-state index contributed by atoms with van der Waals surface area (Å²) >= 11 is 0. The first kappa shape index (κ1) is 13.0. The molecule has 1 aromatic rings. The first-order chi connectivity index (χ1) is 8.04. The van der Waals surface area contributed by atoms with Crippen LogP contribution in [-0.2, 0) is 9.53 Å². The van der Waals surface area contributed by atoms with Crippen LogP contribution in [0.15, 0.2) is 24.3 Å². The van der Waals surface area contributed by atoms with Gasteiger partial charge in [-0.2, -0.15) is 0 Å². The van der Waals surface area contributed by atoms with Crippen molar-refractivity contribution < 1.29 is 19.2 Å². The van der Waals surface area contributed by atoms with Crippen molar-refractivity contribution in [1.82, 2.24) is 0 Å². The van der Waals surface area contributed by atoms with Gasteiger partial charge in [0, 0.05) is 6.07 Å². The lowest BCUT2D eigenvalue weighted by Crippen LogP contribution is -2.26. The first-order valence-electron chi connectivity index (χ1n) is 5.12. The summed E-state index contributed by atoms with van der Waals surface area (Å²) in [7, 11) is 0. The van der Waals surface area contributed by atoms with E-state index in [0.29, 0.717) is 0 Å². The van der Waals surface area contributed by atoms with Crippen LogP contribution in [0.1, 0.15) is 13.8 Å². The number of carbonyl (C=O) groups excluding carboxylic acids is 1. The molecule has 6 nitrogen and oxygen atoms in total. The van der Waals surface area contributed by atoms with Crippen LogP contribution in [0.3, 0.4) is 0 Å². The molecule has 0 spiro atoms. The average Bonchev–Trinajstić information content (AvgIpc) is 2.29. The number of nitro benzene ring substituents is 1. The predicted molar refractivity (Wildman–Crippen MR) is 59.8 cm³/mol. The van der Waals surface area contributed by atoms with E-state index in [4.69, 9.17) is 9.47 Å². The van der Waals surface area contributed by atoms with Crippen molar-refractivity contribution in [2.24, 2.45) is 0 Å². The zero-order valence-electron chi connectivity index (χ0n) is 9.58. The van der Waals surface area contributed by atoms with Crippen LogP contribution in [0.2, 0.25) is 0 Å². The molecule has 1 rings (SSSR count). The Morgan fingerprint density at radius 2 is 2.24 bits per heavy atom. The van der Waals surface area contributed by atoms with Crippen LogP contribution in [0.5, 0.6) is 5.75 Å². The summed E-state index contributed by atoms with van der Waals surface area (Å²) in [5.41, 5.74) is -0.0847. The topological polar surface area (TPSA) is 78.7 Å². The summed E-state index contributed by atoms with van der Waals surface area (Å²) in [5, 5.41) is 10.5. The Hall–Kier alpha value is -2.11. The first-order valence-corrected chi connectivity index (χ1v) is 5.12. The number of rotatable bonds is 5. The van der Waals surface area contributed by atoms with E-state index in [-0.39, 0.29) is 18.0 Å². The lowest BCUT2D eigenvalue weighted by molar-refractivity contribution is -0.384. The number of carbonyl (C=O) groups is 1. The average molecular weight is 239 g/mol. The summed E-state index contributed by atoms with van der Waals surface area (Å²) in [6.07, 6.45) is -0.794. The molecule has 1 atom stereocenters. The normalized spacial score (nSPS) is 11.6. The van der Waals surface area contributed by atoms with E-state index in [9.17, 15) is 14.9 Å². The maximum absolute atomic E-state index is 11.3. The number of esters is 1. The highest BCUT2D eigenvalue weighted by Crippen LogP contribution is 2.20. The molecule has 0 N–H and O–H groups in total. The van der Waals surface area contributed by atoms with E-state index in [1.54, 1.807) is 13.0 Å². The van der Waals surface area contributed by atoms with Gasteiger partial charge in [0.05, 0.1) is 17.6 Å². The monoisotopic (exact) mass is 239 g/mol. The second-order valence-corrected chi connectivity index (χ2v) is 3.27. The maximum atomic E-state index is 11.3. The molecule has 17 heavy (non-hydrogen) atoms. The minimum absolute atomic E-state index is 0.0847. The van der Waals surface area contributed by atoms with Gasteiger partial charge in [-0.1, -0.05) is 6.07 Å². The van der Waals surface area contributed by atoms with Gasteiger partial charge in [-0.3, -0.25) is 10.1 Å². The number of ether oxygens (including phenoxy) is 2. The number of non-ortho nitro benzene ring substituents is 1. The Labute approximate surface area is 98.3 Å². The molecule has 1 unspecified atom stereocenters. The summed E-state index contributed by atoms with van der Waals surface area (Å²) in [6, 6.07) is 5.64. The number of benzene rings is 1.